The van der Waals surface area contributed by atoms with Crippen LogP contribution in [-0.4, -0.2) is 38.8 Å². The molecule has 0 aromatic heterocycles. The fourth-order valence-corrected chi connectivity index (χ4v) is 2.47. The first-order chi connectivity index (χ1) is 9.13. The third-order valence-corrected chi connectivity index (χ3v) is 3.46. The lowest BCUT2D eigenvalue weighted by molar-refractivity contribution is -0.384. The fraction of sp³-hybridized carbons (Fsp3) is 0.538. The van der Waals surface area contributed by atoms with E-state index >= 15 is 0 Å². The molecule has 1 heterocycles. The maximum absolute atomic E-state index is 10.9. The Morgan fingerprint density at radius 3 is 2.95 bits per heavy atom. The minimum atomic E-state index is -0.354. The van der Waals surface area contributed by atoms with Crippen LogP contribution in [0.3, 0.4) is 0 Å². The average Bonchev–Trinajstić information content (AvgIpc) is 2.87. The molecule has 1 unspecified atom stereocenters. The third kappa shape index (κ3) is 3.14. The van der Waals surface area contributed by atoms with Gasteiger partial charge in [-0.05, 0) is 12.5 Å². The molecule has 0 bridgehead atoms. The van der Waals surface area contributed by atoms with E-state index in [0.29, 0.717) is 5.92 Å². The van der Waals surface area contributed by atoms with Gasteiger partial charge in [0.2, 0.25) is 0 Å². The molecule has 1 saturated heterocycles. The van der Waals surface area contributed by atoms with Crippen molar-refractivity contribution in [3.05, 3.63) is 28.3 Å². The van der Waals surface area contributed by atoms with Crippen LogP contribution >= 0.6 is 0 Å². The van der Waals surface area contributed by atoms with E-state index in [2.05, 4.69) is 10.2 Å². The van der Waals surface area contributed by atoms with E-state index in [9.17, 15) is 10.1 Å². The lowest BCUT2D eigenvalue weighted by Gasteiger charge is -2.19. The molecule has 1 atom stereocenters. The second-order valence-electron chi connectivity index (χ2n) is 4.80. The number of nitrogens with zero attached hydrogens (tertiary/aromatic N) is 2. The highest BCUT2D eigenvalue weighted by atomic mass is 16.6. The highest BCUT2D eigenvalue weighted by Crippen LogP contribution is 2.30. The second-order valence-corrected chi connectivity index (χ2v) is 4.80. The summed E-state index contributed by atoms with van der Waals surface area (Å²) in [5.74, 6) is 0.502. The van der Waals surface area contributed by atoms with Gasteiger partial charge in [-0.3, -0.25) is 10.1 Å². The monoisotopic (exact) mass is 265 g/mol. The van der Waals surface area contributed by atoms with Gasteiger partial charge in [-0.25, -0.2) is 0 Å². The summed E-state index contributed by atoms with van der Waals surface area (Å²) in [6.07, 6.45) is 1.06. The Labute approximate surface area is 112 Å². The van der Waals surface area contributed by atoms with E-state index in [1.165, 1.54) is 0 Å². The van der Waals surface area contributed by atoms with Crippen molar-refractivity contribution in [2.24, 2.45) is 5.92 Å². The molecule has 0 saturated carbocycles. The van der Waals surface area contributed by atoms with Crippen molar-refractivity contribution >= 4 is 17.1 Å². The molecule has 1 N–H and O–H groups in total. The van der Waals surface area contributed by atoms with Gasteiger partial charge in [0, 0.05) is 56.7 Å². The van der Waals surface area contributed by atoms with Crippen molar-refractivity contribution in [1.82, 2.24) is 0 Å². The van der Waals surface area contributed by atoms with E-state index in [1.54, 1.807) is 26.3 Å². The van der Waals surface area contributed by atoms with Crippen molar-refractivity contribution < 1.29 is 9.66 Å². The van der Waals surface area contributed by atoms with Crippen LogP contribution in [0.5, 0.6) is 0 Å². The Kier molecular flexibility index (Phi) is 4.21. The minimum Gasteiger partial charge on any atom is -0.388 e. The van der Waals surface area contributed by atoms with Crippen molar-refractivity contribution in [2.75, 3.05) is 44.1 Å². The van der Waals surface area contributed by atoms with Gasteiger partial charge < -0.3 is 15.0 Å². The number of ether oxygens (including phenoxy) is 1. The summed E-state index contributed by atoms with van der Waals surface area (Å²) in [5.41, 5.74) is 1.79. The molecular formula is C13H19N3O3. The van der Waals surface area contributed by atoms with E-state index in [1.807, 2.05) is 6.07 Å². The lowest BCUT2D eigenvalue weighted by atomic mass is 10.1. The molecule has 0 radical (unpaired) electrons. The normalized spacial score (nSPS) is 18.6. The number of benzene rings is 1. The Balaban J connectivity index is 2.20. The zero-order valence-electron chi connectivity index (χ0n) is 11.3. The van der Waals surface area contributed by atoms with Gasteiger partial charge in [0.15, 0.2) is 0 Å². The molecule has 1 aromatic carbocycles. The zero-order valence-corrected chi connectivity index (χ0v) is 11.3. The molecule has 1 aliphatic heterocycles. The predicted octanol–water partition coefficient (Wildman–Crippen LogP) is 2.11. The molecule has 1 aromatic rings. The largest absolute Gasteiger partial charge is 0.388 e. The van der Waals surface area contributed by atoms with Crippen molar-refractivity contribution in [2.45, 2.75) is 6.42 Å². The van der Waals surface area contributed by atoms with Crippen LogP contribution in [0, 0.1) is 16.0 Å². The van der Waals surface area contributed by atoms with Gasteiger partial charge in [-0.1, -0.05) is 0 Å². The van der Waals surface area contributed by atoms with Crippen molar-refractivity contribution in [3.63, 3.8) is 0 Å². The average molecular weight is 265 g/mol. The molecular weight excluding hydrogens is 246 g/mol. The van der Waals surface area contributed by atoms with Crippen LogP contribution in [0.4, 0.5) is 17.1 Å². The summed E-state index contributed by atoms with van der Waals surface area (Å²) < 4.78 is 5.17. The minimum absolute atomic E-state index is 0.122. The lowest BCUT2D eigenvalue weighted by Crippen LogP contribution is -2.21. The van der Waals surface area contributed by atoms with Crippen LogP contribution in [0.15, 0.2) is 18.2 Å². The van der Waals surface area contributed by atoms with Gasteiger partial charge in [0.25, 0.3) is 5.69 Å². The van der Waals surface area contributed by atoms with Crippen LogP contribution in [0.1, 0.15) is 6.42 Å². The SMILES string of the molecule is CNc1cc(N2CCC(COC)C2)cc([N+](=O)[O-])c1. The number of anilines is 2. The van der Waals surface area contributed by atoms with Gasteiger partial charge in [0.05, 0.1) is 11.5 Å². The predicted molar refractivity (Wildman–Crippen MR) is 74.8 cm³/mol. The first kappa shape index (κ1) is 13.6. The highest BCUT2D eigenvalue weighted by Gasteiger charge is 2.24. The number of hydrogen-bond acceptors (Lipinski definition) is 5. The first-order valence-electron chi connectivity index (χ1n) is 6.35. The Bertz CT molecular complexity index is 464. The summed E-state index contributed by atoms with van der Waals surface area (Å²) in [6.45, 7) is 2.54. The molecule has 1 fully saturated rings. The Morgan fingerprint density at radius 1 is 1.53 bits per heavy atom. The van der Waals surface area contributed by atoms with Gasteiger partial charge in [0.1, 0.15) is 0 Å². The molecule has 6 heteroatoms. The summed E-state index contributed by atoms with van der Waals surface area (Å²) in [5, 5.41) is 13.9. The van der Waals surface area contributed by atoms with Gasteiger partial charge >= 0.3 is 0 Å². The fourth-order valence-electron chi connectivity index (χ4n) is 2.47. The number of nitro benzene ring substituents is 1. The maximum Gasteiger partial charge on any atom is 0.273 e. The number of non-ortho nitro benzene ring substituents is 1. The standard InChI is InChI=1S/C13H19N3O3/c1-14-11-5-12(7-13(6-11)16(17)18)15-4-3-10(8-15)9-19-2/h5-7,10,14H,3-4,8-9H2,1-2H3. The van der Waals surface area contributed by atoms with Crippen LogP contribution in [0.2, 0.25) is 0 Å². The smallest absolute Gasteiger partial charge is 0.273 e. The zero-order chi connectivity index (χ0) is 13.8. The molecule has 1 aliphatic rings. The molecule has 2 rings (SSSR count). The third-order valence-electron chi connectivity index (χ3n) is 3.46. The van der Waals surface area contributed by atoms with Crippen molar-refractivity contribution in [3.8, 4) is 0 Å². The summed E-state index contributed by atoms with van der Waals surface area (Å²) in [7, 11) is 3.47. The molecule has 19 heavy (non-hydrogen) atoms. The quantitative estimate of drug-likeness (QED) is 0.652. The van der Waals surface area contributed by atoms with Gasteiger partial charge in [-0.2, -0.15) is 0 Å². The van der Waals surface area contributed by atoms with E-state index in [4.69, 9.17) is 4.74 Å². The Hall–Kier alpha value is -1.82. The molecule has 104 valence electrons. The summed E-state index contributed by atoms with van der Waals surface area (Å²) >= 11 is 0. The van der Waals surface area contributed by atoms with Crippen LogP contribution in [0.25, 0.3) is 0 Å². The van der Waals surface area contributed by atoms with Crippen molar-refractivity contribution in [1.29, 1.82) is 0 Å². The highest BCUT2D eigenvalue weighted by molar-refractivity contribution is 5.64. The van der Waals surface area contributed by atoms with E-state index in [-0.39, 0.29) is 10.6 Å². The Morgan fingerprint density at radius 2 is 2.32 bits per heavy atom. The second kappa shape index (κ2) is 5.88. The number of methoxy groups -OCH3 is 1. The number of nitrogens with one attached hydrogen (secondary N) is 1. The maximum atomic E-state index is 10.9. The molecule has 0 aliphatic carbocycles. The molecule has 6 nitrogen and oxygen atoms in total. The molecule has 0 amide bonds. The summed E-state index contributed by atoms with van der Waals surface area (Å²) in [6, 6.07) is 5.13. The number of nitro groups is 1. The van der Waals surface area contributed by atoms with Crippen LogP contribution < -0.4 is 10.2 Å². The van der Waals surface area contributed by atoms with Crippen LogP contribution in [-0.2, 0) is 4.74 Å². The number of rotatable bonds is 5. The van der Waals surface area contributed by atoms with E-state index in [0.717, 1.165) is 37.5 Å². The first-order valence-corrected chi connectivity index (χ1v) is 6.35. The molecule has 0 spiro atoms. The van der Waals surface area contributed by atoms with Gasteiger partial charge in [-0.15, -0.1) is 0 Å². The topological polar surface area (TPSA) is 67.6 Å². The number of hydrogen-bond donors (Lipinski definition) is 1. The summed E-state index contributed by atoms with van der Waals surface area (Å²) in [4.78, 5) is 12.8. The van der Waals surface area contributed by atoms with E-state index < -0.39 is 0 Å².